The zero-order valence-electron chi connectivity index (χ0n) is 13.5. The van der Waals surface area contributed by atoms with Gasteiger partial charge in [-0.15, -0.1) is 0 Å². The van der Waals surface area contributed by atoms with Crippen LogP contribution in [0.4, 0.5) is 0 Å². The van der Waals surface area contributed by atoms with E-state index in [2.05, 4.69) is 20.2 Å². The number of nitrogens with one attached hydrogen (secondary N) is 1. The van der Waals surface area contributed by atoms with Gasteiger partial charge in [0.1, 0.15) is 0 Å². The van der Waals surface area contributed by atoms with E-state index < -0.39 is 0 Å². The number of rotatable bonds is 7. The second-order valence-corrected chi connectivity index (χ2v) is 5.87. The SMILES string of the molecule is NC(=NCCCN1CCCCCC1)NCCc1ccccn1. The molecule has 22 heavy (non-hydrogen) atoms. The molecule has 0 radical (unpaired) electrons. The molecule has 3 N–H and O–H groups in total. The van der Waals surface area contributed by atoms with Crippen LogP contribution in [-0.4, -0.2) is 48.6 Å². The van der Waals surface area contributed by atoms with Gasteiger partial charge in [-0.2, -0.15) is 0 Å². The lowest BCUT2D eigenvalue weighted by Gasteiger charge is -2.18. The van der Waals surface area contributed by atoms with Crippen LogP contribution in [0.15, 0.2) is 29.4 Å². The quantitative estimate of drug-likeness (QED) is 0.458. The van der Waals surface area contributed by atoms with Gasteiger partial charge in [0.25, 0.3) is 0 Å². The molecule has 0 amide bonds. The summed E-state index contributed by atoms with van der Waals surface area (Å²) in [4.78, 5) is 11.2. The van der Waals surface area contributed by atoms with Crippen LogP contribution in [0.25, 0.3) is 0 Å². The number of pyridine rings is 1. The summed E-state index contributed by atoms with van der Waals surface area (Å²) in [5, 5.41) is 3.15. The first kappa shape index (κ1) is 16.7. The van der Waals surface area contributed by atoms with Crippen molar-refractivity contribution in [3.63, 3.8) is 0 Å². The largest absolute Gasteiger partial charge is 0.370 e. The predicted molar refractivity (Wildman–Crippen MR) is 92.0 cm³/mol. The summed E-state index contributed by atoms with van der Waals surface area (Å²) in [6.45, 7) is 5.23. The monoisotopic (exact) mass is 303 g/mol. The summed E-state index contributed by atoms with van der Waals surface area (Å²) in [5.74, 6) is 0.548. The van der Waals surface area contributed by atoms with E-state index >= 15 is 0 Å². The van der Waals surface area contributed by atoms with Crippen molar-refractivity contribution in [2.45, 2.75) is 38.5 Å². The average molecular weight is 303 g/mol. The summed E-state index contributed by atoms with van der Waals surface area (Å²) in [6.07, 6.45) is 9.24. The summed E-state index contributed by atoms with van der Waals surface area (Å²) in [7, 11) is 0. The molecule has 0 saturated carbocycles. The summed E-state index contributed by atoms with van der Waals surface area (Å²) in [6, 6.07) is 5.95. The lowest BCUT2D eigenvalue weighted by Crippen LogP contribution is -2.33. The number of likely N-dealkylation sites (tertiary alicyclic amines) is 1. The molecule has 0 atom stereocenters. The third-order valence-corrected chi connectivity index (χ3v) is 4.03. The van der Waals surface area contributed by atoms with Gasteiger partial charge in [-0.1, -0.05) is 18.9 Å². The highest BCUT2D eigenvalue weighted by Gasteiger charge is 2.07. The van der Waals surface area contributed by atoms with E-state index in [0.29, 0.717) is 5.96 Å². The Hall–Kier alpha value is -1.62. The number of guanidine groups is 1. The maximum atomic E-state index is 5.89. The molecule has 2 heterocycles. The van der Waals surface area contributed by atoms with E-state index in [-0.39, 0.29) is 0 Å². The molecule has 0 aromatic carbocycles. The molecule has 1 fully saturated rings. The van der Waals surface area contributed by atoms with Crippen molar-refractivity contribution < 1.29 is 0 Å². The van der Waals surface area contributed by atoms with Gasteiger partial charge < -0.3 is 16.0 Å². The third kappa shape index (κ3) is 6.89. The normalized spacial score (nSPS) is 17.2. The minimum Gasteiger partial charge on any atom is -0.370 e. The predicted octanol–water partition coefficient (Wildman–Crippen LogP) is 1.79. The Morgan fingerprint density at radius 3 is 2.77 bits per heavy atom. The highest BCUT2D eigenvalue weighted by atomic mass is 15.1. The van der Waals surface area contributed by atoms with E-state index in [1.807, 2.05) is 24.4 Å². The molecule has 0 spiro atoms. The smallest absolute Gasteiger partial charge is 0.188 e. The number of aromatic nitrogens is 1. The summed E-state index contributed by atoms with van der Waals surface area (Å²) >= 11 is 0. The fourth-order valence-electron chi connectivity index (χ4n) is 2.77. The Kier molecular flexibility index (Phi) is 7.74. The van der Waals surface area contributed by atoms with Crippen LogP contribution in [0.1, 0.15) is 37.8 Å². The number of nitrogens with two attached hydrogens (primary N) is 1. The van der Waals surface area contributed by atoms with Crippen LogP contribution in [-0.2, 0) is 6.42 Å². The lowest BCUT2D eigenvalue weighted by atomic mass is 10.2. The fraction of sp³-hybridized carbons (Fsp3) is 0.647. The second-order valence-electron chi connectivity index (χ2n) is 5.87. The van der Waals surface area contributed by atoms with E-state index in [1.54, 1.807) is 0 Å². The Morgan fingerprint density at radius 1 is 1.23 bits per heavy atom. The molecule has 1 aliphatic heterocycles. The second kappa shape index (κ2) is 10.2. The van der Waals surface area contributed by atoms with Crippen molar-refractivity contribution in [1.29, 1.82) is 0 Å². The maximum Gasteiger partial charge on any atom is 0.188 e. The molecule has 122 valence electrons. The van der Waals surface area contributed by atoms with Crippen LogP contribution in [0.3, 0.4) is 0 Å². The van der Waals surface area contributed by atoms with Crippen molar-refractivity contribution in [3.8, 4) is 0 Å². The molecule has 5 nitrogen and oxygen atoms in total. The van der Waals surface area contributed by atoms with Crippen LogP contribution >= 0.6 is 0 Å². The van der Waals surface area contributed by atoms with E-state index in [1.165, 1.54) is 38.8 Å². The van der Waals surface area contributed by atoms with Crippen molar-refractivity contribution >= 4 is 5.96 Å². The number of hydrogen-bond donors (Lipinski definition) is 2. The first-order chi connectivity index (χ1) is 10.8. The molecule has 1 aliphatic rings. The molecular formula is C17H29N5. The topological polar surface area (TPSA) is 66.5 Å². The molecule has 1 aromatic heterocycles. The standard InChI is InChI=1S/C17H29N5/c18-17(21-12-9-16-8-3-4-10-19-16)20-11-7-15-22-13-5-1-2-6-14-22/h3-4,8,10H,1-2,5-7,9,11-15H2,(H3,18,20,21). The third-order valence-electron chi connectivity index (χ3n) is 4.03. The van der Waals surface area contributed by atoms with Gasteiger partial charge >= 0.3 is 0 Å². The number of aliphatic imine (C=N–C) groups is 1. The van der Waals surface area contributed by atoms with Gasteiger partial charge in [0.2, 0.25) is 0 Å². The Morgan fingerprint density at radius 2 is 2.05 bits per heavy atom. The minimum atomic E-state index is 0.548. The molecule has 2 rings (SSSR count). The Bertz CT molecular complexity index is 424. The molecule has 0 unspecified atom stereocenters. The van der Waals surface area contributed by atoms with E-state index in [0.717, 1.165) is 38.2 Å². The zero-order chi connectivity index (χ0) is 15.5. The molecule has 1 saturated heterocycles. The molecule has 0 bridgehead atoms. The van der Waals surface area contributed by atoms with Crippen LogP contribution in [0, 0.1) is 0 Å². The molecule has 5 heteroatoms. The Labute approximate surface area is 134 Å². The van der Waals surface area contributed by atoms with Crippen LogP contribution < -0.4 is 11.1 Å². The van der Waals surface area contributed by atoms with Gasteiger partial charge in [0, 0.05) is 31.4 Å². The van der Waals surface area contributed by atoms with Crippen molar-refractivity contribution in [1.82, 2.24) is 15.2 Å². The summed E-state index contributed by atoms with van der Waals surface area (Å²) in [5.41, 5.74) is 6.96. The van der Waals surface area contributed by atoms with Gasteiger partial charge in [-0.25, -0.2) is 0 Å². The van der Waals surface area contributed by atoms with Gasteiger partial charge in [-0.3, -0.25) is 9.98 Å². The average Bonchev–Trinajstić information content (AvgIpc) is 2.81. The highest BCUT2D eigenvalue weighted by molar-refractivity contribution is 5.77. The van der Waals surface area contributed by atoms with Gasteiger partial charge in [0.05, 0.1) is 0 Å². The first-order valence-corrected chi connectivity index (χ1v) is 8.50. The van der Waals surface area contributed by atoms with Crippen LogP contribution in [0.5, 0.6) is 0 Å². The molecular weight excluding hydrogens is 274 g/mol. The highest BCUT2D eigenvalue weighted by Crippen LogP contribution is 2.09. The van der Waals surface area contributed by atoms with Crippen LogP contribution in [0.2, 0.25) is 0 Å². The Balaban J connectivity index is 1.55. The fourth-order valence-corrected chi connectivity index (χ4v) is 2.77. The number of hydrogen-bond acceptors (Lipinski definition) is 3. The summed E-state index contributed by atoms with van der Waals surface area (Å²) < 4.78 is 0. The number of nitrogens with zero attached hydrogens (tertiary/aromatic N) is 3. The van der Waals surface area contributed by atoms with Crippen molar-refractivity contribution in [2.75, 3.05) is 32.7 Å². The lowest BCUT2D eigenvalue weighted by molar-refractivity contribution is 0.283. The molecule has 0 aliphatic carbocycles. The van der Waals surface area contributed by atoms with Gasteiger partial charge in [0.15, 0.2) is 5.96 Å². The van der Waals surface area contributed by atoms with Gasteiger partial charge in [-0.05, 0) is 51.0 Å². The zero-order valence-corrected chi connectivity index (χ0v) is 13.5. The van der Waals surface area contributed by atoms with Crippen molar-refractivity contribution in [2.24, 2.45) is 10.7 Å². The maximum absolute atomic E-state index is 5.89. The first-order valence-electron chi connectivity index (χ1n) is 8.50. The van der Waals surface area contributed by atoms with E-state index in [9.17, 15) is 0 Å². The van der Waals surface area contributed by atoms with E-state index in [4.69, 9.17) is 5.73 Å². The minimum absolute atomic E-state index is 0.548. The van der Waals surface area contributed by atoms with Crippen molar-refractivity contribution in [3.05, 3.63) is 30.1 Å². The molecule has 1 aromatic rings.